The number of nitrogens with zero attached hydrogens (tertiary/aromatic N) is 4. The van der Waals surface area contributed by atoms with Crippen LogP contribution in [-0.4, -0.2) is 43.7 Å². The lowest BCUT2D eigenvalue weighted by atomic mass is 9.87. The third-order valence-electron chi connectivity index (χ3n) is 4.34. The summed E-state index contributed by atoms with van der Waals surface area (Å²) in [6.07, 6.45) is 0. The molecule has 2 heterocycles. The number of aliphatic hydroxyl groups excluding tert-OH is 1. The van der Waals surface area contributed by atoms with Crippen molar-refractivity contribution in [1.29, 1.82) is 0 Å². The molecule has 0 unspecified atom stereocenters. The molecule has 148 valence electrons. The van der Waals surface area contributed by atoms with Crippen molar-refractivity contribution in [3.8, 4) is 0 Å². The fraction of sp³-hybridized carbons (Fsp3) is 0.400. The van der Waals surface area contributed by atoms with Gasteiger partial charge in [0, 0.05) is 18.8 Å². The van der Waals surface area contributed by atoms with E-state index in [0.29, 0.717) is 29.7 Å². The highest BCUT2D eigenvalue weighted by atomic mass is 16.3. The summed E-state index contributed by atoms with van der Waals surface area (Å²) in [7, 11) is 0. The SMILES string of the molecule is Cc1cc(C(=O)NCCO)n2nc(NCc3ccc(C(C)(C)C)cc3)nc2n1. The summed E-state index contributed by atoms with van der Waals surface area (Å²) in [5.74, 6) is 0.410. The van der Waals surface area contributed by atoms with E-state index in [0.717, 1.165) is 5.56 Å². The molecule has 0 aliphatic rings. The lowest BCUT2D eigenvalue weighted by Crippen LogP contribution is -2.28. The van der Waals surface area contributed by atoms with Gasteiger partial charge in [0.05, 0.1) is 6.61 Å². The van der Waals surface area contributed by atoms with Gasteiger partial charge in [-0.2, -0.15) is 9.50 Å². The largest absolute Gasteiger partial charge is 0.395 e. The Balaban J connectivity index is 1.78. The smallest absolute Gasteiger partial charge is 0.270 e. The molecule has 3 rings (SSSR count). The van der Waals surface area contributed by atoms with E-state index in [-0.39, 0.29) is 24.5 Å². The van der Waals surface area contributed by atoms with Crippen LogP contribution in [0.3, 0.4) is 0 Å². The number of hydrogen-bond donors (Lipinski definition) is 3. The van der Waals surface area contributed by atoms with Crippen molar-refractivity contribution in [3.05, 3.63) is 52.8 Å². The Morgan fingerprint density at radius 3 is 2.54 bits per heavy atom. The number of carbonyl (C=O) groups is 1. The topological polar surface area (TPSA) is 104 Å². The van der Waals surface area contributed by atoms with Crippen LogP contribution in [0, 0.1) is 6.92 Å². The Hall–Kier alpha value is -3.00. The molecule has 1 aromatic carbocycles. The molecule has 0 aliphatic carbocycles. The number of nitrogens with one attached hydrogen (secondary N) is 2. The maximum absolute atomic E-state index is 12.3. The predicted octanol–water partition coefficient (Wildman–Crippen LogP) is 2.06. The maximum Gasteiger partial charge on any atom is 0.270 e. The summed E-state index contributed by atoms with van der Waals surface area (Å²) in [6, 6.07) is 10.1. The average Bonchev–Trinajstić information content (AvgIpc) is 3.06. The summed E-state index contributed by atoms with van der Waals surface area (Å²) in [5, 5.41) is 19.1. The zero-order valence-corrected chi connectivity index (χ0v) is 16.7. The third-order valence-corrected chi connectivity index (χ3v) is 4.34. The quantitative estimate of drug-likeness (QED) is 0.603. The minimum atomic E-state index is -0.334. The van der Waals surface area contributed by atoms with E-state index in [1.807, 2.05) is 0 Å². The second-order valence-electron chi connectivity index (χ2n) is 7.71. The molecule has 0 aliphatic heterocycles. The molecule has 28 heavy (non-hydrogen) atoms. The Bertz CT molecular complexity index is 973. The molecular formula is C20H26N6O2. The first-order valence-electron chi connectivity index (χ1n) is 9.24. The van der Waals surface area contributed by atoms with Crippen LogP contribution in [0.15, 0.2) is 30.3 Å². The number of carbonyl (C=O) groups excluding carboxylic acids is 1. The molecule has 8 nitrogen and oxygen atoms in total. The first-order valence-corrected chi connectivity index (χ1v) is 9.24. The number of fused-ring (bicyclic) bond motifs is 1. The molecular weight excluding hydrogens is 356 g/mol. The normalized spacial score (nSPS) is 11.6. The fourth-order valence-electron chi connectivity index (χ4n) is 2.79. The van der Waals surface area contributed by atoms with E-state index in [1.165, 1.54) is 10.1 Å². The van der Waals surface area contributed by atoms with Crippen LogP contribution in [0.2, 0.25) is 0 Å². The van der Waals surface area contributed by atoms with Crippen LogP contribution in [0.5, 0.6) is 0 Å². The van der Waals surface area contributed by atoms with E-state index < -0.39 is 0 Å². The number of anilines is 1. The van der Waals surface area contributed by atoms with E-state index in [9.17, 15) is 4.79 Å². The molecule has 8 heteroatoms. The minimum Gasteiger partial charge on any atom is -0.395 e. The van der Waals surface area contributed by atoms with Crippen LogP contribution in [0.1, 0.15) is 48.1 Å². The van der Waals surface area contributed by atoms with Crippen LogP contribution in [-0.2, 0) is 12.0 Å². The van der Waals surface area contributed by atoms with Gasteiger partial charge >= 0.3 is 0 Å². The van der Waals surface area contributed by atoms with Gasteiger partial charge in [-0.15, -0.1) is 5.10 Å². The Kier molecular flexibility index (Phi) is 5.60. The van der Waals surface area contributed by atoms with Crippen molar-refractivity contribution in [2.45, 2.75) is 39.7 Å². The summed E-state index contributed by atoms with van der Waals surface area (Å²) in [5.41, 5.74) is 3.49. The van der Waals surface area contributed by atoms with E-state index in [4.69, 9.17) is 5.11 Å². The Morgan fingerprint density at radius 2 is 1.89 bits per heavy atom. The molecule has 0 saturated carbocycles. The minimum absolute atomic E-state index is 0.117. The predicted molar refractivity (Wildman–Crippen MR) is 107 cm³/mol. The Labute approximate surface area is 164 Å². The van der Waals surface area contributed by atoms with E-state index in [1.54, 1.807) is 13.0 Å². The molecule has 0 saturated heterocycles. The number of benzene rings is 1. The summed E-state index contributed by atoms with van der Waals surface area (Å²) >= 11 is 0. The Morgan fingerprint density at radius 1 is 1.18 bits per heavy atom. The number of aliphatic hydroxyl groups is 1. The number of amides is 1. The van der Waals surface area contributed by atoms with Crippen molar-refractivity contribution < 1.29 is 9.90 Å². The summed E-state index contributed by atoms with van der Waals surface area (Å²) < 4.78 is 1.41. The highest BCUT2D eigenvalue weighted by Gasteiger charge is 2.16. The second kappa shape index (κ2) is 7.93. The van der Waals surface area contributed by atoms with Crippen molar-refractivity contribution in [2.24, 2.45) is 0 Å². The zero-order chi connectivity index (χ0) is 20.3. The number of hydrogen-bond acceptors (Lipinski definition) is 6. The highest BCUT2D eigenvalue weighted by molar-refractivity contribution is 5.93. The van der Waals surface area contributed by atoms with E-state index in [2.05, 4.69) is 70.7 Å². The van der Waals surface area contributed by atoms with Gasteiger partial charge in [0.1, 0.15) is 5.69 Å². The van der Waals surface area contributed by atoms with Gasteiger partial charge in [-0.05, 0) is 29.5 Å². The van der Waals surface area contributed by atoms with Gasteiger partial charge in [-0.25, -0.2) is 4.98 Å². The molecule has 0 spiro atoms. The van der Waals surface area contributed by atoms with Crippen LogP contribution in [0.25, 0.3) is 5.78 Å². The first-order chi connectivity index (χ1) is 13.3. The van der Waals surface area contributed by atoms with Crippen LogP contribution in [0.4, 0.5) is 5.95 Å². The molecule has 0 fully saturated rings. The maximum atomic E-state index is 12.3. The lowest BCUT2D eigenvalue weighted by molar-refractivity contribution is 0.0937. The molecule has 3 aromatic rings. The monoisotopic (exact) mass is 382 g/mol. The number of rotatable bonds is 6. The van der Waals surface area contributed by atoms with Gasteiger partial charge in [0.25, 0.3) is 11.7 Å². The standard InChI is InChI=1S/C20H26N6O2/c1-13-11-16(17(28)21-9-10-27)26-19(23-13)24-18(25-26)22-12-14-5-7-15(8-6-14)20(2,3)4/h5-8,11,27H,9-10,12H2,1-4H3,(H,21,28)(H,22,25). The molecule has 1 amide bonds. The highest BCUT2D eigenvalue weighted by Crippen LogP contribution is 2.22. The number of aryl methyl sites for hydroxylation is 1. The first kappa shape index (κ1) is 19.8. The molecule has 0 atom stereocenters. The van der Waals surface area contributed by atoms with E-state index >= 15 is 0 Å². The van der Waals surface area contributed by atoms with Crippen molar-refractivity contribution in [1.82, 2.24) is 24.9 Å². The van der Waals surface area contributed by atoms with Gasteiger partial charge in [-0.3, -0.25) is 4.79 Å². The van der Waals surface area contributed by atoms with Gasteiger partial charge in [-0.1, -0.05) is 45.0 Å². The zero-order valence-electron chi connectivity index (χ0n) is 16.7. The summed E-state index contributed by atoms with van der Waals surface area (Å²) in [6.45, 7) is 8.95. The van der Waals surface area contributed by atoms with Crippen molar-refractivity contribution in [3.63, 3.8) is 0 Å². The van der Waals surface area contributed by atoms with Crippen molar-refractivity contribution in [2.75, 3.05) is 18.5 Å². The molecule has 2 aromatic heterocycles. The van der Waals surface area contributed by atoms with Crippen LogP contribution < -0.4 is 10.6 Å². The summed E-state index contributed by atoms with van der Waals surface area (Å²) in [4.78, 5) is 21.0. The second-order valence-corrected chi connectivity index (χ2v) is 7.71. The average molecular weight is 382 g/mol. The van der Waals surface area contributed by atoms with Gasteiger partial charge < -0.3 is 15.7 Å². The molecule has 0 radical (unpaired) electrons. The van der Waals surface area contributed by atoms with Crippen molar-refractivity contribution >= 4 is 17.6 Å². The van der Waals surface area contributed by atoms with Crippen LogP contribution >= 0.6 is 0 Å². The molecule has 3 N–H and O–H groups in total. The fourth-order valence-corrected chi connectivity index (χ4v) is 2.79. The van der Waals surface area contributed by atoms with Gasteiger partial charge in [0.2, 0.25) is 5.95 Å². The molecule has 0 bridgehead atoms. The van der Waals surface area contributed by atoms with Gasteiger partial charge in [0.15, 0.2) is 0 Å². The number of aromatic nitrogens is 4. The third kappa shape index (κ3) is 4.45. The lowest BCUT2D eigenvalue weighted by Gasteiger charge is -2.19.